The Balaban J connectivity index is 1.57. The average molecular weight is 424 g/mol. The summed E-state index contributed by atoms with van der Waals surface area (Å²) < 4.78 is 2.24. The van der Waals surface area contributed by atoms with Crippen LogP contribution in [0.15, 0.2) is 36.7 Å². The second-order valence-corrected chi connectivity index (χ2v) is 8.72. The smallest absolute Gasteiger partial charge is 0.238 e. The molecule has 3 aromatic rings. The number of nitrogens with zero attached hydrogens (tertiary/aromatic N) is 4. The number of carbonyl (C=O) groups is 1. The zero-order valence-corrected chi connectivity index (χ0v) is 18.0. The van der Waals surface area contributed by atoms with E-state index in [1.807, 2.05) is 35.4 Å². The van der Waals surface area contributed by atoms with Crippen LogP contribution in [0.5, 0.6) is 0 Å². The fraction of sp³-hybridized carbons (Fsp3) is 0.435. The number of hydrogen-bond donors (Lipinski definition) is 1. The fourth-order valence-electron chi connectivity index (χ4n) is 4.96. The molecular weight excluding hydrogens is 398 g/mol. The van der Waals surface area contributed by atoms with Crippen molar-refractivity contribution in [1.29, 1.82) is 0 Å². The van der Waals surface area contributed by atoms with E-state index in [1.165, 1.54) is 0 Å². The van der Waals surface area contributed by atoms with Gasteiger partial charge in [0.1, 0.15) is 5.82 Å². The summed E-state index contributed by atoms with van der Waals surface area (Å²) in [5, 5.41) is 4.07. The predicted octanol–water partition coefficient (Wildman–Crippen LogP) is 4.05. The van der Waals surface area contributed by atoms with E-state index >= 15 is 0 Å². The molecule has 0 unspecified atom stereocenters. The SMILES string of the molecule is CCCCn1c(CN2C(=O)C3(CCNCC3)c3ccncc32)nc2cc(Cl)ccc21. The first-order valence-corrected chi connectivity index (χ1v) is 11.1. The third-order valence-electron chi connectivity index (χ3n) is 6.54. The molecule has 0 bridgehead atoms. The number of pyridine rings is 1. The van der Waals surface area contributed by atoms with E-state index < -0.39 is 5.41 Å². The summed E-state index contributed by atoms with van der Waals surface area (Å²) in [5.41, 5.74) is 3.55. The molecule has 156 valence electrons. The van der Waals surface area contributed by atoms with Gasteiger partial charge in [-0.15, -0.1) is 0 Å². The Morgan fingerprint density at radius 1 is 1.23 bits per heavy atom. The molecular formula is C23H26ClN5O. The summed E-state index contributed by atoms with van der Waals surface area (Å²) in [5.74, 6) is 1.08. The summed E-state index contributed by atoms with van der Waals surface area (Å²) in [6.45, 7) is 5.22. The van der Waals surface area contributed by atoms with Gasteiger partial charge in [-0.25, -0.2) is 4.98 Å². The van der Waals surface area contributed by atoms with Gasteiger partial charge in [-0.2, -0.15) is 0 Å². The van der Waals surface area contributed by atoms with E-state index in [0.29, 0.717) is 11.6 Å². The van der Waals surface area contributed by atoms with Gasteiger partial charge in [-0.05, 0) is 62.2 Å². The number of anilines is 1. The van der Waals surface area contributed by atoms with E-state index in [-0.39, 0.29) is 5.91 Å². The maximum absolute atomic E-state index is 13.8. The number of aromatic nitrogens is 3. The number of imidazole rings is 1. The quantitative estimate of drug-likeness (QED) is 0.672. The first kappa shape index (κ1) is 19.5. The molecule has 1 spiro atoms. The molecule has 6 nitrogen and oxygen atoms in total. The van der Waals surface area contributed by atoms with Gasteiger partial charge < -0.3 is 14.8 Å². The van der Waals surface area contributed by atoms with Crippen molar-refractivity contribution in [2.75, 3.05) is 18.0 Å². The van der Waals surface area contributed by atoms with Crippen molar-refractivity contribution in [3.63, 3.8) is 0 Å². The highest BCUT2D eigenvalue weighted by Gasteiger charge is 2.51. The zero-order valence-electron chi connectivity index (χ0n) is 17.2. The minimum Gasteiger partial charge on any atom is -0.326 e. The fourth-order valence-corrected chi connectivity index (χ4v) is 5.13. The number of carbonyl (C=O) groups excluding carboxylic acids is 1. The van der Waals surface area contributed by atoms with Gasteiger partial charge in [0.2, 0.25) is 5.91 Å². The number of rotatable bonds is 5. The third-order valence-corrected chi connectivity index (χ3v) is 6.78. The molecule has 2 aliphatic rings. The summed E-state index contributed by atoms with van der Waals surface area (Å²) in [6.07, 6.45) is 7.43. The molecule has 4 heterocycles. The van der Waals surface area contributed by atoms with Crippen LogP contribution in [0.3, 0.4) is 0 Å². The van der Waals surface area contributed by atoms with Gasteiger partial charge in [0.25, 0.3) is 0 Å². The standard InChI is InChI=1S/C23H26ClN5O/c1-2-3-12-28-19-5-4-16(24)13-18(19)27-21(28)15-29-20-14-26-9-6-17(20)23(22(29)30)7-10-25-11-8-23/h4-6,9,13-14,25H,2-3,7-8,10-12,15H2,1H3. The molecule has 1 amide bonds. The van der Waals surface area contributed by atoms with Crippen molar-refractivity contribution in [2.45, 2.75) is 51.1 Å². The van der Waals surface area contributed by atoms with Gasteiger partial charge in [0.05, 0.1) is 34.9 Å². The van der Waals surface area contributed by atoms with E-state index in [4.69, 9.17) is 16.6 Å². The van der Waals surface area contributed by atoms with E-state index in [1.54, 1.807) is 6.20 Å². The van der Waals surface area contributed by atoms with Crippen molar-refractivity contribution in [1.82, 2.24) is 19.9 Å². The summed E-state index contributed by atoms with van der Waals surface area (Å²) in [7, 11) is 0. The molecule has 0 saturated carbocycles. The van der Waals surface area contributed by atoms with Gasteiger partial charge in [0.15, 0.2) is 0 Å². The minimum absolute atomic E-state index is 0.180. The summed E-state index contributed by atoms with van der Waals surface area (Å²) >= 11 is 6.21. The van der Waals surface area contributed by atoms with E-state index in [0.717, 1.165) is 73.4 Å². The zero-order chi connectivity index (χ0) is 20.7. The highest BCUT2D eigenvalue weighted by molar-refractivity contribution is 6.31. The lowest BCUT2D eigenvalue weighted by atomic mass is 9.74. The van der Waals surface area contributed by atoms with Crippen LogP contribution < -0.4 is 10.2 Å². The topological polar surface area (TPSA) is 63.1 Å². The maximum Gasteiger partial charge on any atom is 0.238 e. The number of halogens is 1. The highest BCUT2D eigenvalue weighted by Crippen LogP contribution is 2.47. The number of hydrogen-bond acceptors (Lipinski definition) is 4. The molecule has 2 aliphatic heterocycles. The first-order chi connectivity index (χ1) is 14.6. The van der Waals surface area contributed by atoms with Gasteiger partial charge in [0, 0.05) is 17.8 Å². The Kier molecular flexibility index (Phi) is 4.99. The van der Waals surface area contributed by atoms with Crippen LogP contribution in [-0.4, -0.2) is 33.5 Å². The molecule has 0 atom stereocenters. The molecule has 1 fully saturated rings. The summed E-state index contributed by atoms with van der Waals surface area (Å²) in [4.78, 5) is 24.9. The molecule has 1 aromatic carbocycles. The predicted molar refractivity (Wildman–Crippen MR) is 119 cm³/mol. The van der Waals surface area contributed by atoms with Crippen LogP contribution in [0.25, 0.3) is 11.0 Å². The Labute approximate surface area is 181 Å². The van der Waals surface area contributed by atoms with Gasteiger partial charge >= 0.3 is 0 Å². The lowest BCUT2D eigenvalue weighted by Crippen LogP contribution is -2.47. The number of aryl methyl sites for hydroxylation is 1. The van der Waals surface area contributed by atoms with Crippen molar-refractivity contribution >= 4 is 34.2 Å². The minimum atomic E-state index is -0.437. The van der Waals surface area contributed by atoms with Crippen LogP contribution in [0.1, 0.15) is 44.0 Å². The number of fused-ring (bicyclic) bond motifs is 3. The second-order valence-electron chi connectivity index (χ2n) is 8.28. The molecule has 2 aromatic heterocycles. The number of piperidine rings is 1. The second kappa shape index (κ2) is 7.67. The lowest BCUT2D eigenvalue weighted by molar-refractivity contribution is -0.124. The monoisotopic (exact) mass is 423 g/mol. The first-order valence-electron chi connectivity index (χ1n) is 10.8. The number of nitrogens with one attached hydrogen (secondary N) is 1. The Hall–Kier alpha value is -2.44. The third kappa shape index (κ3) is 3.01. The molecule has 1 N–H and O–H groups in total. The van der Waals surface area contributed by atoms with Crippen LogP contribution in [0, 0.1) is 0 Å². The Morgan fingerprint density at radius 2 is 2.07 bits per heavy atom. The average Bonchev–Trinajstić information content (AvgIpc) is 3.21. The number of amides is 1. The number of benzene rings is 1. The van der Waals surface area contributed by atoms with E-state index in [9.17, 15) is 4.79 Å². The highest BCUT2D eigenvalue weighted by atomic mass is 35.5. The van der Waals surface area contributed by atoms with Crippen LogP contribution in [-0.2, 0) is 23.3 Å². The molecule has 30 heavy (non-hydrogen) atoms. The van der Waals surface area contributed by atoms with Crippen molar-refractivity contribution in [3.05, 3.63) is 53.1 Å². The normalized spacial score (nSPS) is 17.8. The summed E-state index contributed by atoms with van der Waals surface area (Å²) in [6, 6.07) is 7.86. The van der Waals surface area contributed by atoms with Crippen LogP contribution in [0.4, 0.5) is 5.69 Å². The maximum atomic E-state index is 13.8. The lowest BCUT2D eigenvalue weighted by Gasteiger charge is -2.33. The molecule has 0 radical (unpaired) electrons. The Bertz CT molecular complexity index is 1100. The van der Waals surface area contributed by atoms with E-state index in [2.05, 4.69) is 21.8 Å². The molecule has 1 saturated heterocycles. The van der Waals surface area contributed by atoms with Crippen LogP contribution in [0.2, 0.25) is 5.02 Å². The van der Waals surface area contributed by atoms with Crippen LogP contribution >= 0.6 is 11.6 Å². The molecule has 7 heteroatoms. The van der Waals surface area contributed by atoms with Gasteiger partial charge in [-0.1, -0.05) is 24.9 Å². The van der Waals surface area contributed by atoms with Crippen molar-refractivity contribution in [3.8, 4) is 0 Å². The molecule has 0 aliphatic carbocycles. The van der Waals surface area contributed by atoms with Gasteiger partial charge in [-0.3, -0.25) is 9.78 Å². The van der Waals surface area contributed by atoms with Crippen molar-refractivity contribution < 1.29 is 4.79 Å². The largest absolute Gasteiger partial charge is 0.326 e. The Morgan fingerprint density at radius 3 is 2.87 bits per heavy atom. The molecule has 5 rings (SSSR count). The van der Waals surface area contributed by atoms with Crippen molar-refractivity contribution in [2.24, 2.45) is 0 Å². The number of unbranched alkanes of at least 4 members (excludes halogenated alkanes) is 1.